The molecular formula is C15H17N3S2. The molecule has 0 amide bonds. The monoisotopic (exact) mass is 303 g/mol. The lowest BCUT2D eigenvalue weighted by atomic mass is 10.2. The van der Waals surface area contributed by atoms with Crippen LogP contribution in [0.5, 0.6) is 0 Å². The van der Waals surface area contributed by atoms with Crippen LogP contribution in [0.15, 0.2) is 40.9 Å². The molecule has 3 rings (SSSR count). The van der Waals surface area contributed by atoms with Crippen molar-refractivity contribution in [3.8, 4) is 0 Å². The summed E-state index contributed by atoms with van der Waals surface area (Å²) >= 11 is 3.56. The third-order valence-electron chi connectivity index (χ3n) is 3.01. The topological polar surface area (TPSA) is 40.7 Å². The van der Waals surface area contributed by atoms with Crippen LogP contribution in [-0.2, 0) is 6.54 Å². The van der Waals surface area contributed by atoms with E-state index in [0.29, 0.717) is 0 Å². The number of thioether (sulfide) groups is 1. The largest absolute Gasteiger partial charge is 0.333 e. The van der Waals surface area contributed by atoms with Gasteiger partial charge in [0.2, 0.25) is 0 Å². The predicted octanol–water partition coefficient (Wildman–Crippen LogP) is 3.81. The Morgan fingerprint density at radius 2 is 2.30 bits per heavy atom. The van der Waals surface area contributed by atoms with Gasteiger partial charge in [0.1, 0.15) is 0 Å². The number of nitrogens with one attached hydrogen (secondary N) is 2. The molecule has 0 saturated carbocycles. The van der Waals surface area contributed by atoms with Crippen LogP contribution in [0.25, 0.3) is 11.0 Å². The highest BCUT2D eigenvalue weighted by molar-refractivity contribution is 7.99. The zero-order chi connectivity index (χ0) is 13.8. The first-order chi connectivity index (χ1) is 9.81. The second kappa shape index (κ2) is 6.43. The lowest BCUT2D eigenvalue weighted by Crippen LogP contribution is -2.15. The average molecular weight is 303 g/mol. The number of thiophene rings is 1. The van der Waals surface area contributed by atoms with Gasteiger partial charge >= 0.3 is 0 Å². The number of H-pyrrole nitrogens is 1. The van der Waals surface area contributed by atoms with Crippen LogP contribution in [-0.4, -0.2) is 22.3 Å². The van der Waals surface area contributed by atoms with Gasteiger partial charge in [-0.2, -0.15) is 0 Å². The second-order valence-electron chi connectivity index (χ2n) is 4.67. The third-order valence-corrected chi connectivity index (χ3v) is 4.76. The quantitative estimate of drug-likeness (QED) is 0.537. The molecule has 2 aromatic heterocycles. The Hall–Kier alpha value is -1.30. The summed E-state index contributed by atoms with van der Waals surface area (Å²) < 4.78 is 0. The molecule has 2 heterocycles. The zero-order valence-electron chi connectivity index (χ0n) is 11.3. The lowest BCUT2D eigenvalue weighted by molar-refractivity contribution is 0.740. The number of fused-ring (bicyclic) bond motifs is 1. The van der Waals surface area contributed by atoms with Gasteiger partial charge in [0.15, 0.2) is 5.16 Å². The van der Waals surface area contributed by atoms with Crippen LogP contribution in [0.3, 0.4) is 0 Å². The SMILES string of the molecule is Cc1ccc2nc(SCCNCc3cccs3)[nH]c2c1. The number of imidazole rings is 1. The Balaban J connectivity index is 1.47. The number of aromatic nitrogens is 2. The summed E-state index contributed by atoms with van der Waals surface area (Å²) in [6, 6.07) is 10.6. The molecule has 0 aliphatic carbocycles. The van der Waals surface area contributed by atoms with Gasteiger partial charge in [0.05, 0.1) is 11.0 Å². The van der Waals surface area contributed by atoms with Gasteiger partial charge in [0, 0.05) is 23.7 Å². The lowest BCUT2D eigenvalue weighted by Gasteiger charge is -2.01. The second-order valence-corrected chi connectivity index (χ2v) is 6.78. The zero-order valence-corrected chi connectivity index (χ0v) is 13.0. The van der Waals surface area contributed by atoms with Gasteiger partial charge in [-0.05, 0) is 36.1 Å². The molecule has 5 heteroatoms. The summed E-state index contributed by atoms with van der Waals surface area (Å²) in [5, 5.41) is 6.57. The summed E-state index contributed by atoms with van der Waals surface area (Å²) in [4.78, 5) is 9.33. The standard InChI is InChI=1S/C15H17N3S2/c1-11-4-5-13-14(9-11)18-15(17-13)20-8-6-16-10-12-3-2-7-19-12/h2-5,7,9,16H,6,8,10H2,1H3,(H,17,18). The Labute approximate surface area is 126 Å². The number of nitrogens with zero attached hydrogens (tertiary/aromatic N) is 1. The van der Waals surface area contributed by atoms with Crippen LogP contribution in [0, 0.1) is 6.92 Å². The van der Waals surface area contributed by atoms with Crippen molar-refractivity contribution in [2.75, 3.05) is 12.3 Å². The van der Waals surface area contributed by atoms with E-state index in [0.717, 1.165) is 35.0 Å². The van der Waals surface area contributed by atoms with Crippen LogP contribution in [0.1, 0.15) is 10.4 Å². The molecule has 0 fully saturated rings. The molecule has 0 unspecified atom stereocenters. The number of aromatic amines is 1. The fraction of sp³-hybridized carbons (Fsp3) is 0.267. The van der Waals surface area contributed by atoms with Crippen molar-refractivity contribution in [2.24, 2.45) is 0 Å². The molecule has 1 aromatic carbocycles. The van der Waals surface area contributed by atoms with Crippen LogP contribution < -0.4 is 5.32 Å². The van der Waals surface area contributed by atoms with Crippen LogP contribution in [0.2, 0.25) is 0 Å². The maximum atomic E-state index is 4.58. The fourth-order valence-electron chi connectivity index (χ4n) is 2.01. The van der Waals surface area contributed by atoms with E-state index in [9.17, 15) is 0 Å². The normalized spacial score (nSPS) is 11.2. The number of aryl methyl sites for hydroxylation is 1. The molecule has 0 aliphatic rings. The molecule has 3 nitrogen and oxygen atoms in total. The van der Waals surface area contributed by atoms with Crippen LogP contribution in [0.4, 0.5) is 0 Å². The molecule has 2 N–H and O–H groups in total. The molecular weight excluding hydrogens is 286 g/mol. The fourth-order valence-corrected chi connectivity index (χ4v) is 3.47. The van der Waals surface area contributed by atoms with E-state index < -0.39 is 0 Å². The summed E-state index contributed by atoms with van der Waals surface area (Å²) in [6.45, 7) is 4.04. The first-order valence-corrected chi connectivity index (χ1v) is 8.50. The minimum absolute atomic E-state index is 0.956. The number of hydrogen-bond acceptors (Lipinski definition) is 4. The minimum Gasteiger partial charge on any atom is -0.333 e. The van der Waals surface area contributed by atoms with Crippen molar-refractivity contribution in [2.45, 2.75) is 18.6 Å². The first kappa shape index (κ1) is 13.7. The number of benzene rings is 1. The smallest absolute Gasteiger partial charge is 0.166 e. The highest BCUT2D eigenvalue weighted by atomic mass is 32.2. The van der Waals surface area contributed by atoms with Gasteiger partial charge < -0.3 is 10.3 Å². The minimum atomic E-state index is 0.956. The highest BCUT2D eigenvalue weighted by Gasteiger charge is 2.03. The van der Waals surface area contributed by atoms with E-state index >= 15 is 0 Å². The van der Waals surface area contributed by atoms with E-state index in [1.165, 1.54) is 10.4 Å². The molecule has 0 aliphatic heterocycles. The predicted molar refractivity (Wildman–Crippen MR) is 87.6 cm³/mol. The van der Waals surface area contributed by atoms with Crippen molar-refractivity contribution in [3.63, 3.8) is 0 Å². The van der Waals surface area contributed by atoms with E-state index in [1.54, 1.807) is 23.1 Å². The highest BCUT2D eigenvalue weighted by Crippen LogP contribution is 2.19. The molecule has 0 bridgehead atoms. The first-order valence-electron chi connectivity index (χ1n) is 6.63. The number of hydrogen-bond donors (Lipinski definition) is 2. The summed E-state index contributed by atoms with van der Waals surface area (Å²) in [5.74, 6) is 1.02. The maximum Gasteiger partial charge on any atom is 0.166 e. The molecule has 0 atom stereocenters. The van der Waals surface area contributed by atoms with Gasteiger partial charge in [-0.25, -0.2) is 4.98 Å². The summed E-state index contributed by atoms with van der Waals surface area (Å²) in [7, 11) is 0. The van der Waals surface area contributed by atoms with E-state index in [2.05, 4.69) is 57.9 Å². The maximum absolute atomic E-state index is 4.58. The van der Waals surface area contributed by atoms with Crippen molar-refractivity contribution in [3.05, 3.63) is 46.2 Å². The third kappa shape index (κ3) is 3.42. The number of rotatable bonds is 6. The average Bonchev–Trinajstić information content (AvgIpc) is 3.06. The molecule has 0 saturated heterocycles. The summed E-state index contributed by atoms with van der Waals surface area (Å²) in [6.07, 6.45) is 0. The van der Waals surface area contributed by atoms with E-state index in [-0.39, 0.29) is 0 Å². The molecule has 0 radical (unpaired) electrons. The Kier molecular flexibility index (Phi) is 4.40. The molecule has 0 spiro atoms. The van der Waals surface area contributed by atoms with Crippen molar-refractivity contribution in [1.29, 1.82) is 0 Å². The Bertz CT molecular complexity index is 674. The Morgan fingerprint density at radius 1 is 1.35 bits per heavy atom. The van der Waals surface area contributed by atoms with Gasteiger partial charge in [-0.1, -0.05) is 23.9 Å². The molecule has 104 valence electrons. The Morgan fingerprint density at radius 3 is 3.15 bits per heavy atom. The summed E-state index contributed by atoms with van der Waals surface area (Å²) in [5.41, 5.74) is 3.43. The van der Waals surface area contributed by atoms with Gasteiger partial charge in [-0.15, -0.1) is 11.3 Å². The molecule has 20 heavy (non-hydrogen) atoms. The van der Waals surface area contributed by atoms with Crippen molar-refractivity contribution < 1.29 is 0 Å². The van der Waals surface area contributed by atoms with E-state index in [4.69, 9.17) is 0 Å². The van der Waals surface area contributed by atoms with Crippen LogP contribution >= 0.6 is 23.1 Å². The van der Waals surface area contributed by atoms with E-state index in [1.807, 2.05) is 0 Å². The molecule has 3 aromatic rings. The van der Waals surface area contributed by atoms with Gasteiger partial charge in [0.25, 0.3) is 0 Å². The van der Waals surface area contributed by atoms with Crippen molar-refractivity contribution in [1.82, 2.24) is 15.3 Å². The van der Waals surface area contributed by atoms with Crippen molar-refractivity contribution >= 4 is 34.1 Å². The van der Waals surface area contributed by atoms with Gasteiger partial charge in [-0.3, -0.25) is 0 Å².